The smallest absolute Gasteiger partial charge is 0.228 e. The first-order chi connectivity index (χ1) is 11.8. The van der Waals surface area contributed by atoms with Gasteiger partial charge < -0.3 is 10.6 Å². The number of nitrogens with one attached hydrogen (secondary N) is 2. The highest BCUT2D eigenvalue weighted by atomic mass is 32.1. The van der Waals surface area contributed by atoms with Crippen LogP contribution in [0, 0.1) is 5.92 Å². The Kier molecular flexibility index (Phi) is 6.31. The van der Waals surface area contributed by atoms with Crippen molar-refractivity contribution in [3.05, 3.63) is 47.0 Å². The van der Waals surface area contributed by atoms with Gasteiger partial charge in [-0.1, -0.05) is 58.0 Å². The Balaban J connectivity index is 1.86. The van der Waals surface area contributed by atoms with Crippen molar-refractivity contribution in [3.63, 3.8) is 0 Å². The summed E-state index contributed by atoms with van der Waals surface area (Å²) < 4.78 is 0. The fourth-order valence-electron chi connectivity index (χ4n) is 2.23. The molecule has 6 heteroatoms. The zero-order valence-electron chi connectivity index (χ0n) is 15.1. The number of anilines is 1. The Morgan fingerprint density at radius 3 is 2.52 bits per heavy atom. The Morgan fingerprint density at radius 2 is 1.88 bits per heavy atom. The van der Waals surface area contributed by atoms with Crippen LogP contribution in [0.2, 0.25) is 0 Å². The van der Waals surface area contributed by atoms with Crippen LogP contribution < -0.4 is 10.6 Å². The molecule has 0 spiro atoms. The summed E-state index contributed by atoms with van der Waals surface area (Å²) in [6.45, 7) is 8.41. The molecule has 2 aromatic rings. The fourth-order valence-corrected chi connectivity index (χ4v) is 2.95. The molecule has 134 valence electrons. The molecule has 0 fully saturated rings. The summed E-state index contributed by atoms with van der Waals surface area (Å²) in [5.41, 5.74) is 1.71. The van der Waals surface area contributed by atoms with Crippen LogP contribution in [0.3, 0.4) is 0 Å². The molecule has 0 aliphatic rings. The Labute approximate surface area is 152 Å². The number of rotatable bonds is 7. The van der Waals surface area contributed by atoms with Gasteiger partial charge in [-0.05, 0) is 5.56 Å². The van der Waals surface area contributed by atoms with Gasteiger partial charge in [-0.25, -0.2) is 4.98 Å². The maximum atomic E-state index is 12.2. The summed E-state index contributed by atoms with van der Waals surface area (Å²) >= 11 is 1.33. The van der Waals surface area contributed by atoms with Crippen LogP contribution in [0.4, 0.5) is 5.13 Å². The van der Waals surface area contributed by atoms with E-state index in [0.717, 1.165) is 0 Å². The molecule has 2 rings (SSSR count). The van der Waals surface area contributed by atoms with Crippen molar-refractivity contribution in [2.75, 3.05) is 11.9 Å². The van der Waals surface area contributed by atoms with Crippen LogP contribution in [-0.4, -0.2) is 23.3 Å². The quantitative estimate of drug-likeness (QED) is 0.796. The summed E-state index contributed by atoms with van der Waals surface area (Å²) in [5.74, 6) is -0.248. The van der Waals surface area contributed by atoms with Crippen molar-refractivity contribution >= 4 is 28.3 Å². The number of carbonyl (C=O) groups is 2. The molecule has 0 aliphatic carbocycles. The topological polar surface area (TPSA) is 71.1 Å². The first-order valence-corrected chi connectivity index (χ1v) is 9.23. The van der Waals surface area contributed by atoms with Crippen molar-refractivity contribution in [2.24, 2.45) is 5.92 Å². The van der Waals surface area contributed by atoms with Gasteiger partial charge in [0.15, 0.2) is 5.13 Å². The van der Waals surface area contributed by atoms with Crippen LogP contribution in [0.15, 0.2) is 35.7 Å². The Morgan fingerprint density at radius 1 is 1.20 bits per heavy atom. The number of aromatic nitrogens is 1. The van der Waals surface area contributed by atoms with Gasteiger partial charge in [-0.2, -0.15) is 0 Å². The number of carbonyl (C=O) groups excluding carboxylic acids is 2. The van der Waals surface area contributed by atoms with E-state index in [-0.39, 0.29) is 29.6 Å². The lowest BCUT2D eigenvalue weighted by molar-refractivity contribution is -0.120. The highest BCUT2D eigenvalue weighted by Gasteiger charge is 2.21. The monoisotopic (exact) mass is 359 g/mol. The number of benzene rings is 1. The van der Waals surface area contributed by atoms with E-state index >= 15 is 0 Å². The molecule has 2 N–H and O–H groups in total. The summed E-state index contributed by atoms with van der Waals surface area (Å²) in [4.78, 5) is 28.2. The van der Waals surface area contributed by atoms with Gasteiger partial charge >= 0.3 is 0 Å². The largest absolute Gasteiger partial charge is 0.355 e. The summed E-state index contributed by atoms with van der Waals surface area (Å²) in [6, 6.07) is 10.1. The van der Waals surface area contributed by atoms with Gasteiger partial charge in [-0.15, -0.1) is 11.3 Å². The van der Waals surface area contributed by atoms with Crippen LogP contribution >= 0.6 is 11.3 Å². The minimum atomic E-state index is -0.143. The van der Waals surface area contributed by atoms with Gasteiger partial charge in [0.25, 0.3) is 0 Å². The molecule has 5 nitrogen and oxygen atoms in total. The van der Waals surface area contributed by atoms with Gasteiger partial charge in [-0.3, -0.25) is 9.59 Å². The summed E-state index contributed by atoms with van der Waals surface area (Å²) in [6.07, 6.45) is 0.207. The molecule has 1 aromatic carbocycles. The molecular weight excluding hydrogens is 334 g/mol. The number of nitrogens with zero attached hydrogens (tertiary/aromatic N) is 1. The molecule has 0 saturated heterocycles. The van der Waals surface area contributed by atoms with E-state index in [9.17, 15) is 9.59 Å². The zero-order chi connectivity index (χ0) is 18.4. The molecular formula is C19H25N3O2S. The van der Waals surface area contributed by atoms with E-state index in [4.69, 9.17) is 0 Å². The van der Waals surface area contributed by atoms with E-state index in [1.54, 1.807) is 5.38 Å². The molecule has 1 heterocycles. The first-order valence-electron chi connectivity index (χ1n) is 8.35. The predicted octanol–water partition coefficient (Wildman–Crippen LogP) is 3.37. The number of thiazole rings is 1. The molecule has 0 radical (unpaired) electrons. The summed E-state index contributed by atoms with van der Waals surface area (Å²) in [5, 5.41) is 8.06. The van der Waals surface area contributed by atoms with Gasteiger partial charge in [0.05, 0.1) is 12.1 Å². The van der Waals surface area contributed by atoms with Crippen LogP contribution in [-0.2, 0) is 21.4 Å². The third-order valence-electron chi connectivity index (χ3n) is 3.93. The average molecular weight is 359 g/mol. The first kappa shape index (κ1) is 19.1. The van der Waals surface area contributed by atoms with E-state index in [0.29, 0.717) is 17.4 Å². The van der Waals surface area contributed by atoms with E-state index in [1.165, 1.54) is 16.9 Å². The molecule has 0 atom stereocenters. The van der Waals surface area contributed by atoms with Crippen molar-refractivity contribution in [3.8, 4) is 0 Å². The third kappa shape index (κ3) is 5.67. The second-order valence-electron chi connectivity index (χ2n) is 6.99. The standard InChI is InChI=1S/C19H25N3O2S/c1-13(2)17(24)22-18-21-15(11-25-18)10-16(23)20-12-19(3,4)14-8-6-5-7-9-14/h5-9,11,13H,10,12H2,1-4H3,(H,20,23)(H,21,22,24). The second-order valence-corrected chi connectivity index (χ2v) is 7.85. The highest BCUT2D eigenvalue weighted by Crippen LogP contribution is 2.22. The number of hydrogen-bond donors (Lipinski definition) is 2. The van der Waals surface area contributed by atoms with E-state index in [2.05, 4.69) is 41.6 Å². The molecule has 0 unspecified atom stereocenters. The molecule has 1 aromatic heterocycles. The van der Waals surface area contributed by atoms with Crippen LogP contribution in [0.1, 0.15) is 39.0 Å². The maximum absolute atomic E-state index is 12.2. The number of amides is 2. The van der Waals surface area contributed by atoms with E-state index in [1.807, 2.05) is 32.0 Å². The SMILES string of the molecule is CC(C)C(=O)Nc1nc(CC(=O)NCC(C)(C)c2ccccc2)cs1. The molecule has 25 heavy (non-hydrogen) atoms. The lowest BCUT2D eigenvalue weighted by Gasteiger charge is -2.25. The van der Waals surface area contributed by atoms with Gasteiger partial charge in [0.1, 0.15) is 0 Å². The molecule has 0 bridgehead atoms. The van der Waals surface area contributed by atoms with Crippen molar-refractivity contribution in [1.82, 2.24) is 10.3 Å². The van der Waals surface area contributed by atoms with E-state index < -0.39 is 0 Å². The third-order valence-corrected chi connectivity index (χ3v) is 4.74. The molecule has 2 amide bonds. The summed E-state index contributed by atoms with van der Waals surface area (Å²) in [7, 11) is 0. The Bertz CT molecular complexity index is 723. The van der Waals surface area contributed by atoms with Crippen LogP contribution in [0.25, 0.3) is 0 Å². The highest BCUT2D eigenvalue weighted by molar-refractivity contribution is 7.13. The minimum Gasteiger partial charge on any atom is -0.355 e. The normalized spacial score (nSPS) is 11.4. The van der Waals surface area contributed by atoms with Gasteiger partial charge in [0, 0.05) is 23.3 Å². The fraction of sp³-hybridized carbons (Fsp3) is 0.421. The lowest BCUT2D eigenvalue weighted by atomic mass is 9.84. The maximum Gasteiger partial charge on any atom is 0.228 e. The lowest BCUT2D eigenvalue weighted by Crippen LogP contribution is -2.37. The van der Waals surface area contributed by atoms with Crippen molar-refractivity contribution < 1.29 is 9.59 Å². The van der Waals surface area contributed by atoms with Crippen molar-refractivity contribution in [2.45, 2.75) is 39.5 Å². The molecule has 0 saturated carbocycles. The van der Waals surface area contributed by atoms with Gasteiger partial charge in [0.2, 0.25) is 11.8 Å². The second kappa shape index (κ2) is 8.25. The zero-order valence-corrected chi connectivity index (χ0v) is 15.9. The van der Waals surface area contributed by atoms with Crippen LogP contribution in [0.5, 0.6) is 0 Å². The minimum absolute atomic E-state index is 0.0731. The molecule has 0 aliphatic heterocycles. The van der Waals surface area contributed by atoms with Crippen molar-refractivity contribution in [1.29, 1.82) is 0 Å². The Hall–Kier alpha value is -2.21. The number of hydrogen-bond acceptors (Lipinski definition) is 4. The predicted molar refractivity (Wildman–Crippen MR) is 102 cm³/mol. The average Bonchev–Trinajstić information content (AvgIpc) is 3.00.